The SMILES string of the molecule is C/C=C/CCc1ccc(CCc2cc(F)c(C#Cc3ccc4cc(F)ccc4c3)c(F)c2)cc1. The van der Waals surface area contributed by atoms with Crippen molar-refractivity contribution in [2.45, 2.75) is 32.6 Å². The topological polar surface area (TPSA) is 0 Å². The molecule has 0 radical (unpaired) electrons. The van der Waals surface area contributed by atoms with Crippen LogP contribution in [0, 0.1) is 29.3 Å². The molecule has 170 valence electrons. The summed E-state index contributed by atoms with van der Waals surface area (Å²) in [5.41, 5.74) is 3.38. The van der Waals surface area contributed by atoms with E-state index in [1.807, 2.05) is 6.92 Å². The van der Waals surface area contributed by atoms with Gasteiger partial charge in [0.25, 0.3) is 0 Å². The van der Waals surface area contributed by atoms with E-state index in [4.69, 9.17) is 0 Å². The number of aryl methyl sites for hydroxylation is 3. The van der Waals surface area contributed by atoms with E-state index in [1.54, 1.807) is 24.3 Å². The Morgan fingerprint density at radius 3 is 1.97 bits per heavy atom. The Balaban J connectivity index is 1.44. The van der Waals surface area contributed by atoms with E-state index in [0.29, 0.717) is 24.0 Å². The highest BCUT2D eigenvalue weighted by molar-refractivity contribution is 5.84. The van der Waals surface area contributed by atoms with Crippen LogP contribution in [0.15, 0.2) is 84.9 Å². The van der Waals surface area contributed by atoms with E-state index < -0.39 is 11.6 Å². The first-order valence-electron chi connectivity index (χ1n) is 11.4. The molecule has 0 unspecified atom stereocenters. The summed E-state index contributed by atoms with van der Waals surface area (Å²) in [5.74, 6) is 3.81. The van der Waals surface area contributed by atoms with Gasteiger partial charge < -0.3 is 0 Å². The highest BCUT2D eigenvalue weighted by atomic mass is 19.1. The zero-order valence-corrected chi connectivity index (χ0v) is 19.0. The number of hydrogen-bond donors (Lipinski definition) is 0. The maximum Gasteiger partial charge on any atom is 0.142 e. The first-order chi connectivity index (χ1) is 16.5. The Hall–Kier alpha value is -3.77. The smallest absolute Gasteiger partial charge is 0.142 e. The van der Waals surface area contributed by atoms with Gasteiger partial charge in [-0.15, -0.1) is 0 Å². The summed E-state index contributed by atoms with van der Waals surface area (Å²) in [5, 5.41) is 1.56. The van der Waals surface area contributed by atoms with E-state index in [9.17, 15) is 13.2 Å². The van der Waals surface area contributed by atoms with E-state index in [-0.39, 0.29) is 11.4 Å². The van der Waals surface area contributed by atoms with Crippen molar-refractivity contribution in [3.63, 3.8) is 0 Å². The van der Waals surface area contributed by atoms with Gasteiger partial charge in [-0.3, -0.25) is 0 Å². The van der Waals surface area contributed by atoms with Gasteiger partial charge in [0.2, 0.25) is 0 Å². The van der Waals surface area contributed by atoms with Crippen LogP contribution in [0.3, 0.4) is 0 Å². The predicted octanol–water partition coefficient (Wildman–Crippen LogP) is 7.95. The molecule has 0 nitrogen and oxygen atoms in total. The minimum atomic E-state index is -0.662. The monoisotopic (exact) mass is 454 g/mol. The van der Waals surface area contributed by atoms with Gasteiger partial charge in [0.15, 0.2) is 0 Å². The number of fused-ring (bicyclic) bond motifs is 1. The third-order valence-corrected chi connectivity index (χ3v) is 5.80. The third-order valence-electron chi connectivity index (χ3n) is 5.80. The van der Waals surface area contributed by atoms with Crippen LogP contribution in [0.1, 0.15) is 41.2 Å². The van der Waals surface area contributed by atoms with Crippen molar-refractivity contribution < 1.29 is 13.2 Å². The largest absolute Gasteiger partial charge is 0.207 e. The van der Waals surface area contributed by atoms with E-state index in [0.717, 1.165) is 29.2 Å². The third kappa shape index (κ3) is 5.97. The molecule has 0 N–H and O–H groups in total. The van der Waals surface area contributed by atoms with Crippen molar-refractivity contribution in [3.05, 3.63) is 130 Å². The Labute approximate surface area is 198 Å². The summed E-state index contributed by atoms with van der Waals surface area (Å²) in [6.45, 7) is 2.02. The van der Waals surface area contributed by atoms with Gasteiger partial charge in [-0.25, -0.2) is 13.2 Å². The summed E-state index contributed by atoms with van der Waals surface area (Å²) in [4.78, 5) is 0. The fourth-order valence-electron chi connectivity index (χ4n) is 3.90. The van der Waals surface area contributed by atoms with Gasteiger partial charge in [0.1, 0.15) is 17.5 Å². The lowest BCUT2D eigenvalue weighted by Crippen LogP contribution is -1.98. The number of allylic oxidation sites excluding steroid dienone is 2. The van der Waals surface area contributed by atoms with Gasteiger partial charge in [-0.1, -0.05) is 60.4 Å². The number of benzene rings is 4. The summed E-state index contributed by atoms with van der Waals surface area (Å²) in [7, 11) is 0. The Morgan fingerprint density at radius 1 is 0.647 bits per heavy atom. The highest BCUT2D eigenvalue weighted by Gasteiger charge is 2.10. The normalized spacial score (nSPS) is 11.1. The Bertz CT molecular complexity index is 1360. The van der Waals surface area contributed by atoms with Crippen LogP contribution in [0.2, 0.25) is 0 Å². The van der Waals surface area contributed by atoms with Crippen LogP contribution >= 0.6 is 0 Å². The molecule has 4 aromatic carbocycles. The highest BCUT2D eigenvalue weighted by Crippen LogP contribution is 2.19. The molecule has 0 fully saturated rings. The van der Waals surface area contributed by atoms with Crippen molar-refractivity contribution >= 4 is 10.8 Å². The average molecular weight is 455 g/mol. The van der Waals surface area contributed by atoms with Crippen molar-refractivity contribution in [1.82, 2.24) is 0 Å². The van der Waals surface area contributed by atoms with E-state index in [2.05, 4.69) is 48.3 Å². The van der Waals surface area contributed by atoms with Crippen LogP contribution in [-0.2, 0) is 19.3 Å². The molecule has 4 rings (SSSR count). The molecule has 3 heteroatoms. The van der Waals surface area contributed by atoms with Gasteiger partial charge in [0.05, 0.1) is 5.56 Å². The minimum Gasteiger partial charge on any atom is -0.207 e. The maximum atomic E-state index is 14.6. The van der Waals surface area contributed by atoms with Gasteiger partial charge in [-0.05, 0) is 96.5 Å². The quantitative estimate of drug-likeness (QED) is 0.205. The Morgan fingerprint density at radius 2 is 1.26 bits per heavy atom. The molecule has 34 heavy (non-hydrogen) atoms. The van der Waals surface area contributed by atoms with Crippen molar-refractivity contribution in [2.75, 3.05) is 0 Å². The molecule has 0 bridgehead atoms. The van der Waals surface area contributed by atoms with Gasteiger partial charge >= 0.3 is 0 Å². The zero-order valence-electron chi connectivity index (χ0n) is 19.0. The standard InChI is InChI=1S/C31H25F3/c1-2-3-4-5-22-6-8-23(9-7-22)10-11-25-19-30(33)29(31(34)20-25)17-13-24-12-14-27-21-28(32)16-15-26(27)18-24/h2-3,6-9,12,14-16,18-21H,4-5,10-11H2,1H3/b3-2+. The molecule has 0 saturated carbocycles. The van der Waals surface area contributed by atoms with Crippen LogP contribution < -0.4 is 0 Å². The molecule has 0 spiro atoms. The summed E-state index contributed by atoms with van der Waals surface area (Å²) in [6, 6.07) is 20.8. The molecule has 0 saturated heterocycles. The van der Waals surface area contributed by atoms with E-state index >= 15 is 0 Å². The molecular weight excluding hydrogens is 429 g/mol. The molecule has 0 amide bonds. The van der Waals surface area contributed by atoms with Gasteiger partial charge in [-0.2, -0.15) is 0 Å². The average Bonchev–Trinajstić information content (AvgIpc) is 2.83. The molecule has 0 atom stereocenters. The molecule has 0 aliphatic heterocycles. The fourth-order valence-corrected chi connectivity index (χ4v) is 3.90. The summed E-state index contributed by atoms with van der Waals surface area (Å²) >= 11 is 0. The molecule has 0 aliphatic carbocycles. The van der Waals surface area contributed by atoms with Crippen molar-refractivity contribution in [3.8, 4) is 11.8 Å². The van der Waals surface area contributed by atoms with Crippen LogP contribution in [0.25, 0.3) is 10.8 Å². The lowest BCUT2D eigenvalue weighted by atomic mass is 10.0. The van der Waals surface area contributed by atoms with Crippen molar-refractivity contribution in [2.24, 2.45) is 0 Å². The molecule has 0 aromatic heterocycles. The predicted molar refractivity (Wildman–Crippen MR) is 133 cm³/mol. The molecule has 4 aromatic rings. The number of halogens is 3. The first-order valence-corrected chi connectivity index (χ1v) is 11.4. The van der Waals surface area contributed by atoms with Gasteiger partial charge in [0, 0.05) is 5.56 Å². The van der Waals surface area contributed by atoms with Crippen LogP contribution in [-0.4, -0.2) is 0 Å². The van der Waals surface area contributed by atoms with Crippen LogP contribution in [0.5, 0.6) is 0 Å². The summed E-state index contributed by atoms with van der Waals surface area (Å²) in [6.07, 6.45) is 7.47. The summed E-state index contributed by atoms with van der Waals surface area (Å²) < 4.78 is 42.6. The fraction of sp³-hybridized carbons (Fsp3) is 0.161. The van der Waals surface area contributed by atoms with Crippen molar-refractivity contribution in [1.29, 1.82) is 0 Å². The molecule has 0 heterocycles. The minimum absolute atomic E-state index is 0.242. The number of rotatable bonds is 6. The van der Waals surface area contributed by atoms with Crippen LogP contribution in [0.4, 0.5) is 13.2 Å². The first kappa shape index (κ1) is 23.4. The maximum absolute atomic E-state index is 14.6. The van der Waals surface area contributed by atoms with E-state index in [1.165, 1.54) is 29.8 Å². The second kappa shape index (κ2) is 10.9. The lowest BCUT2D eigenvalue weighted by Gasteiger charge is -2.06. The lowest BCUT2D eigenvalue weighted by molar-refractivity contribution is 0.573. The zero-order chi connectivity index (χ0) is 23.9. The molecular formula is C31H25F3. The Kier molecular flexibility index (Phi) is 7.50. The molecule has 0 aliphatic rings. The second-order valence-corrected chi connectivity index (χ2v) is 8.31. The number of hydrogen-bond acceptors (Lipinski definition) is 0. The second-order valence-electron chi connectivity index (χ2n) is 8.31.